The molecule has 0 bridgehead atoms. The molecule has 0 saturated heterocycles. The molecule has 2 aromatic rings. The second kappa shape index (κ2) is 6.37. The molecule has 1 aromatic carbocycles. The molecule has 106 valence electrons. The third-order valence-corrected chi connectivity index (χ3v) is 4.40. The van der Waals surface area contributed by atoms with Gasteiger partial charge in [-0.3, -0.25) is 0 Å². The molecule has 0 aliphatic heterocycles. The van der Waals surface area contributed by atoms with Crippen LogP contribution in [0.1, 0.15) is 29.0 Å². The second-order valence-corrected chi connectivity index (χ2v) is 6.24. The molecule has 20 heavy (non-hydrogen) atoms. The van der Waals surface area contributed by atoms with Crippen LogP contribution in [0, 0.1) is 19.7 Å². The lowest BCUT2D eigenvalue weighted by molar-refractivity contribution is 0.625. The van der Waals surface area contributed by atoms with Gasteiger partial charge in [0.1, 0.15) is 5.82 Å². The fourth-order valence-corrected chi connectivity index (χ4v) is 3.34. The van der Waals surface area contributed by atoms with Crippen molar-refractivity contribution in [2.24, 2.45) is 5.73 Å². The normalized spacial score (nSPS) is 14.1. The Hall–Kier alpha value is -1.39. The summed E-state index contributed by atoms with van der Waals surface area (Å²) in [6, 6.07) is 10.6. The number of hydrogen-bond donors (Lipinski definition) is 1. The zero-order chi connectivity index (χ0) is 14.7. The van der Waals surface area contributed by atoms with Crippen LogP contribution in [-0.2, 0) is 0 Å². The Morgan fingerprint density at radius 3 is 2.35 bits per heavy atom. The zero-order valence-corrected chi connectivity index (χ0v) is 12.7. The highest BCUT2D eigenvalue weighted by molar-refractivity contribution is 7.99. The lowest BCUT2D eigenvalue weighted by Gasteiger charge is -2.20. The standard InChI is InChI=1S/C16H19FN2S/c1-10-8-11(2)19-15(9-10)20-16(12(3)18)13-4-6-14(17)7-5-13/h4-9,12,16H,18H2,1-3H3. The van der Waals surface area contributed by atoms with Gasteiger partial charge in [-0.1, -0.05) is 23.9 Å². The average molecular weight is 290 g/mol. The van der Waals surface area contributed by atoms with Gasteiger partial charge in [-0.25, -0.2) is 9.37 Å². The quantitative estimate of drug-likeness (QED) is 0.864. The third kappa shape index (κ3) is 3.81. The van der Waals surface area contributed by atoms with Gasteiger partial charge in [0.25, 0.3) is 0 Å². The fourth-order valence-electron chi connectivity index (χ4n) is 2.13. The number of aryl methyl sites for hydroxylation is 2. The van der Waals surface area contributed by atoms with Crippen LogP contribution in [0.5, 0.6) is 0 Å². The largest absolute Gasteiger partial charge is 0.327 e. The van der Waals surface area contributed by atoms with Crippen LogP contribution in [-0.4, -0.2) is 11.0 Å². The van der Waals surface area contributed by atoms with Gasteiger partial charge in [-0.15, -0.1) is 0 Å². The molecule has 2 rings (SSSR count). The zero-order valence-electron chi connectivity index (χ0n) is 11.9. The number of thioether (sulfide) groups is 1. The van der Waals surface area contributed by atoms with E-state index in [2.05, 4.69) is 18.0 Å². The van der Waals surface area contributed by atoms with E-state index in [0.717, 1.165) is 16.3 Å². The molecule has 1 aromatic heterocycles. The van der Waals surface area contributed by atoms with Gasteiger partial charge in [-0.05, 0) is 56.2 Å². The van der Waals surface area contributed by atoms with Gasteiger partial charge < -0.3 is 5.73 Å². The van der Waals surface area contributed by atoms with Crippen LogP contribution in [0.25, 0.3) is 0 Å². The molecular weight excluding hydrogens is 271 g/mol. The molecule has 4 heteroatoms. The van der Waals surface area contributed by atoms with E-state index in [1.165, 1.54) is 17.7 Å². The molecule has 0 fully saturated rings. The molecule has 2 N–H and O–H groups in total. The summed E-state index contributed by atoms with van der Waals surface area (Å²) in [7, 11) is 0. The second-order valence-electron chi connectivity index (χ2n) is 5.07. The smallest absolute Gasteiger partial charge is 0.123 e. The van der Waals surface area contributed by atoms with Crippen molar-refractivity contribution in [3.8, 4) is 0 Å². The molecule has 0 saturated carbocycles. The number of pyridine rings is 1. The summed E-state index contributed by atoms with van der Waals surface area (Å²) in [4.78, 5) is 4.53. The predicted molar refractivity (Wildman–Crippen MR) is 82.4 cm³/mol. The molecule has 2 nitrogen and oxygen atoms in total. The topological polar surface area (TPSA) is 38.9 Å². The number of benzene rings is 1. The van der Waals surface area contributed by atoms with Crippen molar-refractivity contribution >= 4 is 11.8 Å². The van der Waals surface area contributed by atoms with E-state index in [-0.39, 0.29) is 17.1 Å². The van der Waals surface area contributed by atoms with E-state index in [0.29, 0.717) is 0 Å². The summed E-state index contributed by atoms with van der Waals surface area (Å²) in [6.45, 7) is 6.00. The summed E-state index contributed by atoms with van der Waals surface area (Å²) in [5.41, 5.74) is 9.29. The summed E-state index contributed by atoms with van der Waals surface area (Å²) >= 11 is 1.63. The van der Waals surface area contributed by atoms with Crippen molar-refractivity contribution in [1.29, 1.82) is 0 Å². The molecule has 0 aliphatic carbocycles. The Kier molecular flexibility index (Phi) is 4.78. The van der Waals surface area contributed by atoms with Crippen molar-refractivity contribution in [3.63, 3.8) is 0 Å². The summed E-state index contributed by atoms with van der Waals surface area (Å²) in [5.74, 6) is -0.230. The first-order valence-corrected chi connectivity index (χ1v) is 7.46. The first-order chi connectivity index (χ1) is 9.45. The van der Waals surface area contributed by atoms with E-state index in [4.69, 9.17) is 5.73 Å². The number of aromatic nitrogens is 1. The highest BCUT2D eigenvalue weighted by Gasteiger charge is 2.18. The first kappa shape index (κ1) is 15.0. The van der Waals surface area contributed by atoms with Gasteiger partial charge in [0.2, 0.25) is 0 Å². The van der Waals surface area contributed by atoms with E-state index in [9.17, 15) is 4.39 Å². The van der Waals surface area contributed by atoms with Crippen molar-refractivity contribution in [2.75, 3.05) is 0 Å². The van der Waals surface area contributed by atoms with E-state index < -0.39 is 0 Å². The van der Waals surface area contributed by atoms with Crippen molar-refractivity contribution in [1.82, 2.24) is 4.98 Å². The maximum Gasteiger partial charge on any atom is 0.123 e. The molecule has 1 heterocycles. The highest BCUT2D eigenvalue weighted by atomic mass is 32.2. The minimum Gasteiger partial charge on any atom is -0.327 e. The summed E-state index contributed by atoms with van der Waals surface area (Å²) in [6.07, 6.45) is 0. The lowest BCUT2D eigenvalue weighted by atomic mass is 10.1. The average Bonchev–Trinajstić information content (AvgIpc) is 2.36. The third-order valence-electron chi connectivity index (χ3n) is 3.00. The van der Waals surface area contributed by atoms with E-state index in [1.54, 1.807) is 23.9 Å². The van der Waals surface area contributed by atoms with Crippen molar-refractivity contribution < 1.29 is 4.39 Å². The minimum absolute atomic E-state index is 0.0481. The molecule has 0 aliphatic rings. The van der Waals surface area contributed by atoms with Crippen LogP contribution in [0.4, 0.5) is 4.39 Å². The Labute approximate surface area is 123 Å². The Bertz CT molecular complexity index is 561. The Morgan fingerprint density at radius 2 is 1.80 bits per heavy atom. The first-order valence-electron chi connectivity index (χ1n) is 6.58. The Balaban J connectivity index is 2.27. The monoisotopic (exact) mass is 290 g/mol. The lowest BCUT2D eigenvalue weighted by Crippen LogP contribution is -2.22. The van der Waals surface area contributed by atoms with Crippen LogP contribution in [0.2, 0.25) is 0 Å². The van der Waals surface area contributed by atoms with Crippen LogP contribution in [0.3, 0.4) is 0 Å². The van der Waals surface area contributed by atoms with Gasteiger partial charge >= 0.3 is 0 Å². The van der Waals surface area contributed by atoms with Crippen molar-refractivity contribution in [2.45, 2.75) is 37.1 Å². The van der Waals surface area contributed by atoms with Crippen LogP contribution in [0.15, 0.2) is 41.4 Å². The van der Waals surface area contributed by atoms with Crippen LogP contribution >= 0.6 is 11.8 Å². The maximum absolute atomic E-state index is 13.0. The van der Waals surface area contributed by atoms with Gasteiger partial charge in [0.15, 0.2) is 0 Å². The maximum atomic E-state index is 13.0. The van der Waals surface area contributed by atoms with Gasteiger partial charge in [0.05, 0.1) is 10.3 Å². The molecule has 0 radical (unpaired) electrons. The van der Waals surface area contributed by atoms with Crippen molar-refractivity contribution in [3.05, 3.63) is 59.0 Å². The number of hydrogen-bond acceptors (Lipinski definition) is 3. The Morgan fingerprint density at radius 1 is 1.15 bits per heavy atom. The summed E-state index contributed by atoms with van der Waals surface area (Å²) < 4.78 is 13.0. The summed E-state index contributed by atoms with van der Waals surface area (Å²) in [5, 5.41) is 1.01. The molecular formula is C16H19FN2S. The van der Waals surface area contributed by atoms with Crippen LogP contribution < -0.4 is 5.73 Å². The van der Waals surface area contributed by atoms with Gasteiger partial charge in [0, 0.05) is 11.7 Å². The van der Waals surface area contributed by atoms with E-state index in [1.807, 2.05) is 19.9 Å². The highest BCUT2D eigenvalue weighted by Crippen LogP contribution is 2.36. The molecule has 0 amide bonds. The minimum atomic E-state index is -0.230. The molecule has 2 unspecified atom stereocenters. The number of rotatable bonds is 4. The SMILES string of the molecule is Cc1cc(C)nc(SC(c2ccc(F)cc2)C(C)N)c1. The van der Waals surface area contributed by atoms with E-state index >= 15 is 0 Å². The molecule has 2 atom stereocenters. The number of nitrogens with two attached hydrogens (primary N) is 1. The number of nitrogens with zero attached hydrogens (tertiary/aromatic N) is 1. The fraction of sp³-hybridized carbons (Fsp3) is 0.312. The predicted octanol–water partition coefficient (Wildman–Crippen LogP) is 4.02. The molecule has 0 spiro atoms. The van der Waals surface area contributed by atoms with Gasteiger partial charge in [-0.2, -0.15) is 0 Å². The number of halogens is 1.